The zero-order valence-electron chi connectivity index (χ0n) is 9.71. The second-order valence-electron chi connectivity index (χ2n) is 4.47. The summed E-state index contributed by atoms with van der Waals surface area (Å²) >= 11 is 0. The Hall–Kier alpha value is -0.630. The fourth-order valence-electron chi connectivity index (χ4n) is 2.03. The molecule has 1 aliphatic rings. The van der Waals surface area contributed by atoms with Gasteiger partial charge in [-0.3, -0.25) is 9.89 Å². The molecule has 0 N–H and O–H groups in total. The smallest absolute Gasteiger partial charge is 0.0908 e. The molecule has 0 bridgehead atoms. The van der Waals surface area contributed by atoms with E-state index in [1.165, 1.54) is 18.4 Å². The van der Waals surface area contributed by atoms with Gasteiger partial charge in [0.05, 0.1) is 6.67 Å². The predicted octanol–water partition coefficient (Wildman–Crippen LogP) is 2.71. The topological polar surface area (TPSA) is 15.6 Å². The predicted molar refractivity (Wildman–Crippen MR) is 62.8 cm³/mol. The van der Waals surface area contributed by atoms with Crippen molar-refractivity contribution in [2.45, 2.75) is 33.6 Å². The van der Waals surface area contributed by atoms with Gasteiger partial charge >= 0.3 is 0 Å². The van der Waals surface area contributed by atoms with Gasteiger partial charge in [0.25, 0.3) is 0 Å². The highest BCUT2D eigenvalue weighted by Gasteiger charge is 2.29. The van der Waals surface area contributed by atoms with Crippen molar-refractivity contribution in [3.05, 3.63) is 12.2 Å². The Balaban J connectivity index is 2.62. The Kier molecular flexibility index (Phi) is 3.87. The molecule has 0 saturated heterocycles. The fourth-order valence-corrected chi connectivity index (χ4v) is 2.03. The van der Waals surface area contributed by atoms with Gasteiger partial charge in [0.1, 0.15) is 0 Å². The summed E-state index contributed by atoms with van der Waals surface area (Å²) in [6.45, 7) is 13.5. The Bertz CT molecular complexity index is 226. The zero-order valence-corrected chi connectivity index (χ0v) is 9.71. The molecule has 0 aromatic rings. The summed E-state index contributed by atoms with van der Waals surface area (Å²) in [7, 11) is 0. The molecule has 0 aromatic carbocycles. The molecule has 0 unspecified atom stereocenters. The van der Waals surface area contributed by atoms with Crippen LogP contribution in [0.1, 0.15) is 33.6 Å². The molecule has 1 rings (SSSR count). The van der Waals surface area contributed by atoms with Crippen LogP contribution in [0, 0.1) is 5.41 Å². The average Bonchev–Trinajstić information content (AvgIpc) is 2.17. The first-order chi connectivity index (χ1) is 6.62. The van der Waals surface area contributed by atoms with Crippen LogP contribution in [-0.4, -0.2) is 30.9 Å². The van der Waals surface area contributed by atoms with Gasteiger partial charge in [-0.2, -0.15) is 0 Å². The van der Waals surface area contributed by atoms with Gasteiger partial charge in [-0.25, -0.2) is 0 Å². The third kappa shape index (κ3) is 2.68. The summed E-state index contributed by atoms with van der Waals surface area (Å²) in [5, 5.41) is 0. The van der Waals surface area contributed by atoms with E-state index in [-0.39, 0.29) is 0 Å². The molecule has 0 saturated carbocycles. The van der Waals surface area contributed by atoms with Crippen molar-refractivity contribution in [1.82, 2.24) is 4.90 Å². The molecule has 0 amide bonds. The number of hydrogen-bond acceptors (Lipinski definition) is 2. The number of aliphatic imine (C=N–C) groups is 1. The molecule has 2 heteroatoms. The molecule has 0 atom stereocenters. The third-order valence-electron chi connectivity index (χ3n) is 3.09. The lowest BCUT2D eigenvalue weighted by molar-refractivity contribution is 0.195. The second kappa shape index (κ2) is 4.74. The minimum absolute atomic E-state index is 0.313. The maximum absolute atomic E-state index is 4.47. The van der Waals surface area contributed by atoms with Gasteiger partial charge in [0.2, 0.25) is 0 Å². The molecule has 0 fully saturated rings. The summed E-state index contributed by atoms with van der Waals surface area (Å²) < 4.78 is 0. The van der Waals surface area contributed by atoms with Crippen molar-refractivity contribution in [3.8, 4) is 0 Å². The number of rotatable bonds is 4. The number of nitrogens with zero attached hydrogens (tertiary/aromatic N) is 2. The molecule has 1 aliphatic heterocycles. The second-order valence-corrected chi connectivity index (χ2v) is 4.47. The number of hydrogen-bond donors (Lipinski definition) is 0. The standard InChI is InChI=1S/C12H22N2/c1-5-12(6-2)8-13-10-14(9-12)7-11(3)4/h8H,3,5-7,9-10H2,1-2,4H3. The Morgan fingerprint density at radius 2 is 2.14 bits per heavy atom. The summed E-state index contributed by atoms with van der Waals surface area (Å²) in [5.74, 6) is 0. The maximum Gasteiger partial charge on any atom is 0.0908 e. The molecular weight excluding hydrogens is 172 g/mol. The highest BCUT2D eigenvalue weighted by atomic mass is 15.2. The minimum atomic E-state index is 0.313. The van der Waals surface area contributed by atoms with Crippen molar-refractivity contribution in [2.75, 3.05) is 19.8 Å². The zero-order chi connectivity index (χ0) is 10.6. The summed E-state index contributed by atoms with van der Waals surface area (Å²) in [5.41, 5.74) is 1.54. The first kappa shape index (κ1) is 11.4. The molecule has 0 aliphatic carbocycles. The third-order valence-corrected chi connectivity index (χ3v) is 3.09. The quantitative estimate of drug-likeness (QED) is 0.628. The van der Waals surface area contributed by atoms with E-state index in [0.29, 0.717) is 5.41 Å². The van der Waals surface area contributed by atoms with E-state index in [2.05, 4.69) is 43.5 Å². The maximum atomic E-state index is 4.47. The molecule has 14 heavy (non-hydrogen) atoms. The molecule has 1 heterocycles. The van der Waals surface area contributed by atoms with Crippen LogP contribution in [0.3, 0.4) is 0 Å². The lowest BCUT2D eigenvalue weighted by Gasteiger charge is -2.37. The lowest BCUT2D eigenvalue weighted by atomic mass is 9.82. The monoisotopic (exact) mass is 194 g/mol. The van der Waals surface area contributed by atoms with Crippen LogP contribution in [0.15, 0.2) is 17.1 Å². The fraction of sp³-hybridized carbons (Fsp3) is 0.750. The van der Waals surface area contributed by atoms with Crippen molar-refractivity contribution < 1.29 is 0 Å². The lowest BCUT2D eigenvalue weighted by Crippen LogP contribution is -2.42. The van der Waals surface area contributed by atoms with Crippen LogP contribution in [0.25, 0.3) is 0 Å². The summed E-state index contributed by atoms with van der Waals surface area (Å²) in [6.07, 6.45) is 4.53. The van der Waals surface area contributed by atoms with Crippen molar-refractivity contribution in [2.24, 2.45) is 10.4 Å². The van der Waals surface area contributed by atoms with E-state index < -0.39 is 0 Å². The first-order valence-corrected chi connectivity index (χ1v) is 5.49. The van der Waals surface area contributed by atoms with E-state index in [1.54, 1.807) is 0 Å². The molecule has 0 spiro atoms. The van der Waals surface area contributed by atoms with Crippen LogP contribution in [-0.2, 0) is 0 Å². The molecule has 0 aromatic heterocycles. The van der Waals surface area contributed by atoms with E-state index in [1.807, 2.05) is 0 Å². The largest absolute Gasteiger partial charge is 0.281 e. The van der Waals surface area contributed by atoms with Crippen LogP contribution in [0.4, 0.5) is 0 Å². The average molecular weight is 194 g/mol. The van der Waals surface area contributed by atoms with Gasteiger partial charge in [-0.1, -0.05) is 26.0 Å². The van der Waals surface area contributed by atoms with E-state index in [0.717, 1.165) is 19.8 Å². The Morgan fingerprint density at radius 1 is 1.50 bits per heavy atom. The Labute approximate surface area is 87.7 Å². The highest BCUT2D eigenvalue weighted by Crippen LogP contribution is 2.28. The molecule has 2 nitrogen and oxygen atoms in total. The minimum Gasteiger partial charge on any atom is -0.281 e. The van der Waals surface area contributed by atoms with Gasteiger partial charge < -0.3 is 0 Å². The van der Waals surface area contributed by atoms with Gasteiger partial charge in [0.15, 0.2) is 0 Å². The van der Waals surface area contributed by atoms with E-state index in [9.17, 15) is 0 Å². The molecule has 0 radical (unpaired) electrons. The summed E-state index contributed by atoms with van der Waals surface area (Å²) in [4.78, 5) is 6.85. The van der Waals surface area contributed by atoms with Crippen LogP contribution >= 0.6 is 0 Å². The van der Waals surface area contributed by atoms with Crippen LogP contribution in [0.2, 0.25) is 0 Å². The summed E-state index contributed by atoms with van der Waals surface area (Å²) in [6, 6.07) is 0. The van der Waals surface area contributed by atoms with Gasteiger partial charge in [-0.15, -0.1) is 0 Å². The Morgan fingerprint density at radius 3 is 2.64 bits per heavy atom. The molecular formula is C12H22N2. The van der Waals surface area contributed by atoms with Crippen molar-refractivity contribution >= 4 is 6.21 Å². The van der Waals surface area contributed by atoms with E-state index >= 15 is 0 Å². The van der Waals surface area contributed by atoms with Gasteiger partial charge in [-0.05, 0) is 19.8 Å². The van der Waals surface area contributed by atoms with Crippen LogP contribution < -0.4 is 0 Å². The van der Waals surface area contributed by atoms with E-state index in [4.69, 9.17) is 0 Å². The van der Waals surface area contributed by atoms with Crippen LogP contribution in [0.5, 0.6) is 0 Å². The SMILES string of the molecule is C=C(C)CN1CN=CC(CC)(CC)C1. The first-order valence-electron chi connectivity index (χ1n) is 5.49. The highest BCUT2D eigenvalue weighted by molar-refractivity contribution is 5.66. The van der Waals surface area contributed by atoms with Crippen molar-refractivity contribution in [3.63, 3.8) is 0 Å². The van der Waals surface area contributed by atoms with Crippen molar-refractivity contribution in [1.29, 1.82) is 0 Å². The van der Waals surface area contributed by atoms with Gasteiger partial charge in [0, 0.05) is 24.7 Å². The normalized spacial score (nSPS) is 21.1. The molecule has 80 valence electrons.